The Kier molecular flexibility index (Phi) is 3.71. The molecule has 3 rings (SSSR count). The minimum Gasteiger partial charge on any atom is -0.425 e. The number of rotatable bonds is 3. The number of hydrogen-bond acceptors (Lipinski definition) is 3. The summed E-state index contributed by atoms with van der Waals surface area (Å²) in [5.74, 6) is 0.636. The van der Waals surface area contributed by atoms with Gasteiger partial charge in [-0.25, -0.2) is 4.57 Å². The third-order valence-corrected chi connectivity index (χ3v) is 5.53. The van der Waals surface area contributed by atoms with Gasteiger partial charge >= 0.3 is 7.60 Å². The smallest absolute Gasteiger partial charge is 0.411 e. The van der Waals surface area contributed by atoms with Gasteiger partial charge < -0.3 is 4.52 Å². The van der Waals surface area contributed by atoms with Crippen LogP contribution < -0.4 is 5.30 Å². The second-order valence-electron chi connectivity index (χ2n) is 4.82. The molecule has 3 nitrogen and oxygen atoms in total. The zero-order chi connectivity index (χ0) is 14.9. The van der Waals surface area contributed by atoms with Gasteiger partial charge in [0.25, 0.3) is 0 Å². The van der Waals surface area contributed by atoms with E-state index in [9.17, 15) is 4.57 Å². The molecule has 1 heterocycles. The van der Waals surface area contributed by atoms with Crippen LogP contribution in [0.4, 0.5) is 0 Å². The number of benzene rings is 2. The number of fused-ring (bicyclic) bond motifs is 1. The highest BCUT2D eigenvalue weighted by Gasteiger charge is 2.37. The third kappa shape index (κ3) is 2.44. The van der Waals surface area contributed by atoms with Crippen molar-refractivity contribution in [3.8, 4) is 0 Å². The molecule has 1 aliphatic heterocycles. The maximum atomic E-state index is 13.0. The van der Waals surface area contributed by atoms with Crippen LogP contribution in [0.3, 0.4) is 0 Å². The Balaban J connectivity index is 2.22. The van der Waals surface area contributed by atoms with Gasteiger partial charge in [-0.1, -0.05) is 48.5 Å². The van der Waals surface area contributed by atoms with Crippen LogP contribution in [0.2, 0.25) is 0 Å². The van der Waals surface area contributed by atoms with Crippen LogP contribution in [0.5, 0.6) is 0 Å². The number of allylic oxidation sites excluding steroid dienone is 1. The molecule has 0 aliphatic carbocycles. The molecule has 0 fully saturated rings. The summed E-state index contributed by atoms with van der Waals surface area (Å²) in [6.07, 6.45) is 0. The molecule has 1 atom stereocenters. The normalized spacial score (nSPS) is 20.9. The van der Waals surface area contributed by atoms with Gasteiger partial charge in [-0.15, -0.1) is 0 Å². The van der Waals surface area contributed by atoms with Gasteiger partial charge in [0.05, 0.1) is 11.9 Å². The molecule has 21 heavy (non-hydrogen) atoms. The van der Waals surface area contributed by atoms with E-state index in [-0.39, 0.29) is 0 Å². The van der Waals surface area contributed by atoms with Crippen LogP contribution >= 0.6 is 7.60 Å². The molecule has 0 aromatic heterocycles. The molecule has 0 radical (unpaired) electrons. The molecule has 0 bridgehead atoms. The van der Waals surface area contributed by atoms with Gasteiger partial charge in [0.15, 0.2) is 0 Å². The van der Waals surface area contributed by atoms with E-state index in [1.54, 1.807) is 0 Å². The Labute approximate surface area is 124 Å². The van der Waals surface area contributed by atoms with Crippen molar-refractivity contribution in [2.75, 3.05) is 6.61 Å². The van der Waals surface area contributed by atoms with Crippen LogP contribution in [0, 0.1) is 0 Å². The quantitative estimate of drug-likeness (QED) is 0.790. The monoisotopic (exact) mass is 300 g/mol. The highest BCUT2D eigenvalue weighted by molar-refractivity contribution is 7.62. The first-order chi connectivity index (χ1) is 10.2. The van der Waals surface area contributed by atoms with E-state index < -0.39 is 7.60 Å². The molecule has 1 aliphatic rings. The highest BCUT2D eigenvalue weighted by atomic mass is 31.2. The Morgan fingerprint density at radius 3 is 2.43 bits per heavy atom. The maximum Gasteiger partial charge on any atom is 0.411 e. The highest BCUT2D eigenvalue weighted by Crippen LogP contribution is 2.55. The Morgan fingerprint density at radius 1 is 1.05 bits per heavy atom. The first-order valence-electron chi connectivity index (χ1n) is 6.96. The molecule has 0 amide bonds. The topological polar surface area (TPSA) is 35.5 Å². The minimum atomic E-state index is -3.28. The van der Waals surface area contributed by atoms with Crippen molar-refractivity contribution in [2.45, 2.75) is 13.8 Å². The lowest BCUT2D eigenvalue weighted by atomic mass is 9.97. The fourth-order valence-corrected chi connectivity index (χ4v) is 4.45. The summed E-state index contributed by atoms with van der Waals surface area (Å²) in [6, 6.07) is 17.6. The van der Waals surface area contributed by atoms with Crippen molar-refractivity contribution < 1.29 is 13.6 Å². The summed E-state index contributed by atoms with van der Waals surface area (Å²) in [5.41, 5.74) is 2.94. The lowest BCUT2D eigenvalue weighted by Crippen LogP contribution is -2.20. The molecular weight excluding hydrogens is 283 g/mol. The van der Waals surface area contributed by atoms with Crippen molar-refractivity contribution in [3.05, 3.63) is 71.5 Å². The average molecular weight is 300 g/mol. The van der Waals surface area contributed by atoms with Crippen molar-refractivity contribution in [2.24, 2.45) is 0 Å². The molecule has 4 heteroatoms. The maximum absolute atomic E-state index is 13.0. The molecule has 2 aromatic carbocycles. The minimum absolute atomic E-state index is 0.347. The van der Waals surface area contributed by atoms with E-state index in [1.165, 1.54) is 0 Å². The fourth-order valence-electron chi connectivity index (χ4n) is 2.62. The van der Waals surface area contributed by atoms with Crippen LogP contribution in [0.1, 0.15) is 25.0 Å². The summed E-state index contributed by atoms with van der Waals surface area (Å²) in [4.78, 5) is 0. The molecule has 0 saturated heterocycles. The second kappa shape index (κ2) is 5.51. The molecule has 0 saturated carbocycles. The molecule has 2 aromatic rings. The third-order valence-electron chi connectivity index (χ3n) is 3.44. The van der Waals surface area contributed by atoms with Gasteiger partial charge in [0, 0.05) is 11.1 Å². The second-order valence-corrected chi connectivity index (χ2v) is 6.74. The lowest BCUT2D eigenvalue weighted by molar-refractivity contribution is 0.259. The van der Waals surface area contributed by atoms with E-state index in [2.05, 4.69) is 0 Å². The summed E-state index contributed by atoms with van der Waals surface area (Å²) >= 11 is 0. The predicted molar refractivity (Wildman–Crippen MR) is 84.5 cm³/mol. The van der Waals surface area contributed by atoms with Gasteiger partial charge in [-0.05, 0) is 25.5 Å². The Bertz CT molecular complexity index is 735. The van der Waals surface area contributed by atoms with E-state index in [0.29, 0.717) is 17.7 Å². The van der Waals surface area contributed by atoms with E-state index >= 15 is 0 Å². The molecule has 0 spiro atoms. The van der Waals surface area contributed by atoms with Crippen molar-refractivity contribution >= 4 is 18.5 Å². The number of hydrogen-bond donors (Lipinski definition) is 0. The van der Waals surface area contributed by atoms with Crippen LogP contribution in [0.15, 0.2) is 60.4 Å². The van der Waals surface area contributed by atoms with E-state index in [0.717, 1.165) is 16.7 Å². The predicted octanol–water partition coefficient (Wildman–Crippen LogP) is 4.35. The zero-order valence-electron chi connectivity index (χ0n) is 12.1. The zero-order valence-corrected chi connectivity index (χ0v) is 13.0. The first kappa shape index (κ1) is 14.1. The Morgan fingerprint density at radius 2 is 1.71 bits per heavy atom. The summed E-state index contributed by atoms with van der Waals surface area (Å²) in [5, 5.41) is 0.635. The standard InChI is InChI=1S/C17H17O3P/c1-3-19-21(18)16-12-8-7-11-15(16)17(13(2)20-21)14-9-5-4-6-10-14/h4-12H,3H2,1-2H3. The SMILES string of the molecule is CCOP1(=O)OC(C)=C(c2ccccc2)c2ccccc21. The van der Waals surface area contributed by atoms with Gasteiger partial charge in [-0.2, -0.15) is 0 Å². The molecular formula is C17H17O3P. The summed E-state index contributed by atoms with van der Waals surface area (Å²) in [7, 11) is -3.28. The van der Waals surface area contributed by atoms with Crippen molar-refractivity contribution in [1.29, 1.82) is 0 Å². The van der Waals surface area contributed by atoms with E-state index in [1.807, 2.05) is 68.4 Å². The van der Waals surface area contributed by atoms with Gasteiger partial charge in [0.2, 0.25) is 0 Å². The fraction of sp³-hybridized carbons (Fsp3) is 0.176. The van der Waals surface area contributed by atoms with Crippen LogP contribution in [-0.2, 0) is 13.6 Å². The largest absolute Gasteiger partial charge is 0.425 e. The van der Waals surface area contributed by atoms with Crippen LogP contribution in [0.25, 0.3) is 5.57 Å². The van der Waals surface area contributed by atoms with E-state index in [4.69, 9.17) is 9.05 Å². The van der Waals surface area contributed by atoms with Crippen molar-refractivity contribution in [1.82, 2.24) is 0 Å². The Hall–Kier alpha value is -1.83. The summed E-state index contributed by atoms with van der Waals surface area (Å²) in [6.45, 7) is 4.00. The van der Waals surface area contributed by atoms with Crippen LogP contribution in [-0.4, -0.2) is 6.61 Å². The van der Waals surface area contributed by atoms with Crippen molar-refractivity contribution in [3.63, 3.8) is 0 Å². The van der Waals surface area contributed by atoms with Gasteiger partial charge in [0.1, 0.15) is 5.76 Å². The summed E-state index contributed by atoms with van der Waals surface area (Å²) < 4.78 is 24.1. The average Bonchev–Trinajstić information content (AvgIpc) is 2.48. The molecule has 108 valence electrons. The first-order valence-corrected chi connectivity index (χ1v) is 8.50. The molecule has 1 unspecified atom stereocenters. The molecule has 0 N–H and O–H groups in total. The lowest BCUT2D eigenvalue weighted by Gasteiger charge is -2.28. The van der Waals surface area contributed by atoms with Gasteiger partial charge in [-0.3, -0.25) is 4.52 Å².